The number of nitrogens with zero attached hydrogens (tertiary/aromatic N) is 3. The van der Waals surface area contributed by atoms with Crippen LogP contribution in [0.15, 0.2) is 30.3 Å². The van der Waals surface area contributed by atoms with Crippen molar-refractivity contribution in [3.8, 4) is 5.69 Å². The lowest BCUT2D eigenvalue weighted by molar-refractivity contribution is -0.384. The van der Waals surface area contributed by atoms with Gasteiger partial charge in [0.1, 0.15) is 0 Å². The average Bonchev–Trinajstić information content (AvgIpc) is 2.82. The number of benzene rings is 1. The molecule has 1 N–H and O–H groups in total. The number of carbonyl (C=O) groups is 1. The van der Waals surface area contributed by atoms with Crippen LogP contribution in [0.1, 0.15) is 30.0 Å². The first-order chi connectivity index (χ1) is 9.88. The van der Waals surface area contributed by atoms with E-state index in [1.165, 1.54) is 22.9 Å². The number of hydrogen-bond acceptors (Lipinski definition) is 4. The minimum atomic E-state index is -1.12. The number of hydrogen-bond donors (Lipinski definition) is 1. The molecule has 0 unspecified atom stereocenters. The van der Waals surface area contributed by atoms with Crippen molar-refractivity contribution in [1.82, 2.24) is 9.78 Å². The van der Waals surface area contributed by atoms with Crippen LogP contribution in [0.5, 0.6) is 0 Å². The molecule has 0 bridgehead atoms. The Kier molecular flexibility index (Phi) is 4.02. The lowest BCUT2D eigenvalue weighted by Crippen LogP contribution is -2.06. The fourth-order valence-electron chi connectivity index (χ4n) is 2.05. The maximum atomic E-state index is 11.1. The molecule has 0 aliphatic rings. The number of aromatic nitrogens is 2. The van der Waals surface area contributed by atoms with Gasteiger partial charge in [0.15, 0.2) is 5.69 Å². The molecule has 1 aromatic carbocycles. The van der Waals surface area contributed by atoms with Crippen LogP contribution in [0.3, 0.4) is 0 Å². The van der Waals surface area contributed by atoms with E-state index in [0.717, 1.165) is 0 Å². The van der Waals surface area contributed by atoms with Gasteiger partial charge in [-0.1, -0.05) is 19.9 Å². The molecule has 7 heteroatoms. The zero-order chi connectivity index (χ0) is 15.6. The number of rotatable bonds is 5. The first-order valence-electron chi connectivity index (χ1n) is 6.45. The average molecular weight is 289 g/mol. The summed E-state index contributed by atoms with van der Waals surface area (Å²) < 4.78 is 1.45. The van der Waals surface area contributed by atoms with Gasteiger partial charge in [-0.2, -0.15) is 5.10 Å². The Morgan fingerprint density at radius 2 is 2.14 bits per heavy atom. The summed E-state index contributed by atoms with van der Waals surface area (Å²) in [5.41, 5.74) is 1.06. The van der Waals surface area contributed by atoms with E-state index in [9.17, 15) is 14.9 Å². The SMILES string of the molecule is CC(C)Cc1cc(C(=O)O)nn1-c1cccc([N+](=O)[O-])c1. The Morgan fingerprint density at radius 3 is 2.71 bits per heavy atom. The topological polar surface area (TPSA) is 98.3 Å². The van der Waals surface area contributed by atoms with Gasteiger partial charge in [-0.05, 0) is 24.5 Å². The quantitative estimate of drug-likeness (QED) is 0.674. The van der Waals surface area contributed by atoms with E-state index in [2.05, 4.69) is 5.10 Å². The molecule has 2 aromatic rings. The maximum absolute atomic E-state index is 11.1. The van der Waals surface area contributed by atoms with Crippen LogP contribution in [-0.4, -0.2) is 25.8 Å². The molecule has 0 fully saturated rings. The van der Waals surface area contributed by atoms with Crippen LogP contribution in [0.4, 0.5) is 5.69 Å². The molecule has 1 heterocycles. The first-order valence-corrected chi connectivity index (χ1v) is 6.45. The second kappa shape index (κ2) is 5.74. The van der Waals surface area contributed by atoms with Gasteiger partial charge in [0.25, 0.3) is 5.69 Å². The van der Waals surface area contributed by atoms with Crippen LogP contribution in [0, 0.1) is 16.0 Å². The predicted octanol–water partition coefficient (Wildman–Crippen LogP) is 2.68. The molecule has 21 heavy (non-hydrogen) atoms. The molecular formula is C14H15N3O4. The standard InChI is InChI=1S/C14H15N3O4/c1-9(2)6-12-8-13(14(18)19)15-16(12)10-4-3-5-11(7-10)17(20)21/h3-5,7-9H,6H2,1-2H3,(H,18,19). The van der Waals surface area contributed by atoms with E-state index >= 15 is 0 Å². The maximum Gasteiger partial charge on any atom is 0.356 e. The van der Waals surface area contributed by atoms with Gasteiger partial charge in [0, 0.05) is 17.8 Å². The van der Waals surface area contributed by atoms with E-state index in [4.69, 9.17) is 5.11 Å². The molecule has 0 aliphatic carbocycles. The molecule has 0 atom stereocenters. The number of nitro groups is 1. The number of aromatic carboxylic acids is 1. The second-order valence-electron chi connectivity index (χ2n) is 5.11. The molecule has 0 aliphatic heterocycles. The fraction of sp³-hybridized carbons (Fsp3) is 0.286. The molecule has 0 saturated carbocycles. The number of nitro benzene ring substituents is 1. The van der Waals surface area contributed by atoms with Gasteiger partial charge < -0.3 is 5.11 Å². The summed E-state index contributed by atoms with van der Waals surface area (Å²) in [6.07, 6.45) is 0.628. The van der Waals surface area contributed by atoms with Crippen molar-refractivity contribution >= 4 is 11.7 Å². The molecule has 110 valence electrons. The fourth-order valence-corrected chi connectivity index (χ4v) is 2.05. The largest absolute Gasteiger partial charge is 0.476 e. The van der Waals surface area contributed by atoms with Crippen LogP contribution in [0.2, 0.25) is 0 Å². The molecule has 2 rings (SSSR count). The van der Waals surface area contributed by atoms with Gasteiger partial charge >= 0.3 is 5.97 Å². The number of carboxylic acids is 1. The summed E-state index contributed by atoms with van der Waals surface area (Å²) in [7, 11) is 0. The van der Waals surface area contributed by atoms with Crippen LogP contribution < -0.4 is 0 Å². The normalized spacial score (nSPS) is 10.8. The molecule has 0 spiro atoms. The van der Waals surface area contributed by atoms with Gasteiger partial charge in [0.2, 0.25) is 0 Å². The third-order valence-corrected chi connectivity index (χ3v) is 2.90. The summed E-state index contributed by atoms with van der Waals surface area (Å²) in [5.74, 6) is -0.815. The van der Waals surface area contributed by atoms with Gasteiger partial charge in [-0.3, -0.25) is 10.1 Å². The smallest absolute Gasteiger partial charge is 0.356 e. The minimum Gasteiger partial charge on any atom is -0.476 e. The van der Waals surface area contributed by atoms with Crippen LogP contribution >= 0.6 is 0 Å². The van der Waals surface area contributed by atoms with E-state index in [1.807, 2.05) is 13.8 Å². The molecule has 1 aromatic heterocycles. The predicted molar refractivity (Wildman–Crippen MR) is 75.7 cm³/mol. The monoisotopic (exact) mass is 289 g/mol. The van der Waals surface area contributed by atoms with Crippen molar-refractivity contribution in [2.24, 2.45) is 5.92 Å². The molecule has 0 amide bonds. The third-order valence-electron chi connectivity index (χ3n) is 2.90. The van der Waals surface area contributed by atoms with E-state index < -0.39 is 10.9 Å². The first kappa shape index (κ1) is 14.7. The van der Waals surface area contributed by atoms with Crippen molar-refractivity contribution in [1.29, 1.82) is 0 Å². The van der Waals surface area contributed by atoms with E-state index in [1.54, 1.807) is 12.1 Å². The highest BCUT2D eigenvalue weighted by Crippen LogP contribution is 2.20. The second-order valence-corrected chi connectivity index (χ2v) is 5.11. The van der Waals surface area contributed by atoms with Gasteiger partial charge in [-0.25, -0.2) is 9.48 Å². The Balaban J connectivity index is 2.53. The van der Waals surface area contributed by atoms with Crippen molar-refractivity contribution in [2.75, 3.05) is 0 Å². The van der Waals surface area contributed by atoms with Gasteiger partial charge in [0.05, 0.1) is 10.6 Å². The van der Waals surface area contributed by atoms with E-state index in [-0.39, 0.29) is 11.4 Å². The summed E-state index contributed by atoms with van der Waals surface area (Å²) in [6.45, 7) is 4.01. The number of non-ortho nitro benzene ring substituents is 1. The minimum absolute atomic E-state index is 0.0598. The summed E-state index contributed by atoms with van der Waals surface area (Å²) >= 11 is 0. The third kappa shape index (κ3) is 3.25. The molecule has 7 nitrogen and oxygen atoms in total. The lowest BCUT2D eigenvalue weighted by Gasteiger charge is -2.09. The Labute approximate surface area is 121 Å². The summed E-state index contributed by atoms with van der Waals surface area (Å²) in [5, 5.41) is 23.9. The highest BCUT2D eigenvalue weighted by atomic mass is 16.6. The van der Waals surface area contributed by atoms with Crippen molar-refractivity contribution in [3.63, 3.8) is 0 Å². The summed E-state index contributed by atoms with van der Waals surface area (Å²) in [4.78, 5) is 21.4. The van der Waals surface area contributed by atoms with Gasteiger partial charge in [-0.15, -0.1) is 0 Å². The highest BCUT2D eigenvalue weighted by Gasteiger charge is 2.16. The lowest BCUT2D eigenvalue weighted by atomic mass is 10.1. The highest BCUT2D eigenvalue weighted by molar-refractivity contribution is 5.85. The Morgan fingerprint density at radius 1 is 1.43 bits per heavy atom. The molecular weight excluding hydrogens is 274 g/mol. The Bertz CT molecular complexity index is 691. The Hall–Kier alpha value is -2.70. The summed E-state index contributed by atoms with van der Waals surface area (Å²) in [6, 6.07) is 7.47. The zero-order valence-corrected chi connectivity index (χ0v) is 11.7. The van der Waals surface area contributed by atoms with Crippen molar-refractivity contribution in [3.05, 3.63) is 51.8 Å². The van der Waals surface area contributed by atoms with Crippen molar-refractivity contribution in [2.45, 2.75) is 20.3 Å². The van der Waals surface area contributed by atoms with Crippen LogP contribution in [0.25, 0.3) is 5.69 Å². The molecule has 0 saturated heterocycles. The van der Waals surface area contributed by atoms with E-state index in [0.29, 0.717) is 23.7 Å². The number of carboxylic acid groups (broad SMARTS) is 1. The van der Waals surface area contributed by atoms with Crippen LogP contribution in [-0.2, 0) is 6.42 Å². The molecule has 0 radical (unpaired) electrons. The zero-order valence-electron chi connectivity index (χ0n) is 11.7. The van der Waals surface area contributed by atoms with Crippen molar-refractivity contribution < 1.29 is 14.8 Å².